The van der Waals surface area contributed by atoms with Crippen molar-refractivity contribution in [3.05, 3.63) is 33.8 Å². The van der Waals surface area contributed by atoms with Crippen LogP contribution in [0.5, 0.6) is 0 Å². The lowest BCUT2D eigenvalue weighted by molar-refractivity contribution is 0.0203. The molecule has 2 rings (SSSR count). The van der Waals surface area contributed by atoms with Crippen LogP contribution in [0.4, 0.5) is 0 Å². The summed E-state index contributed by atoms with van der Waals surface area (Å²) < 4.78 is 0. The number of halogens is 3. The molecule has 0 aromatic heterocycles. The van der Waals surface area contributed by atoms with E-state index >= 15 is 0 Å². The highest BCUT2D eigenvalue weighted by atomic mass is 35.5. The van der Waals surface area contributed by atoms with Gasteiger partial charge in [0, 0.05) is 5.54 Å². The maximum absolute atomic E-state index is 6.14. The average Bonchev–Trinajstić information content (AvgIpc) is 2.27. The Bertz CT molecular complexity index is 398. The highest BCUT2D eigenvalue weighted by molar-refractivity contribution is 6.42. The zero-order valence-corrected chi connectivity index (χ0v) is 13.2. The van der Waals surface area contributed by atoms with Crippen LogP contribution in [0.3, 0.4) is 0 Å². The van der Waals surface area contributed by atoms with Gasteiger partial charge in [-0.05, 0) is 50.0 Å². The Morgan fingerprint density at radius 2 is 1.72 bits per heavy atom. The van der Waals surface area contributed by atoms with Crippen LogP contribution < -0.4 is 0 Å². The molecule has 1 aliphatic carbocycles. The van der Waals surface area contributed by atoms with E-state index in [1.807, 2.05) is 12.1 Å². The second-order valence-electron chi connectivity index (χ2n) is 4.69. The molecular weight excluding hydrogens is 289 g/mol. The van der Waals surface area contributed by atoms with Gasteiger partial charge in [0.1, 0.15) is 0 Å². The summed E-state index contributed by atoms with van der Waals surface area (Å²) in [6.45, 7) is 6.61. The maximum Gasteiger partial charge on any atom is 0.0595 e. The smallest absolute Gasteiger partial charge is 0.0595 e. The Labute approximate surface area is 126 Å². The van der Waals surface area contributed by atoms with E-state index in [4.69, 9.17) is 23.2 Å². The van der Waals surface area contributed by atoms with E-state index in [2.05, 4.69) is 24.8 Å². The van der Waals surface area contributed by atoms with E-state index in [1.165, 1.54) is 24.8 Å². The molecule has 1 aromatic carbocycles. The van der Waals surface area contributed by atoms with Crippen molar-refractivity contribution in [1.82, 2.24) is 4.90 Å². The summed E-state index contributed by atoms with van der Waals surface area (Å²) in [5.41, 5.74) is 1.53. The van der Waals surface area contributed by atoms with E-state index in [0.717, 1.165) is 13.1 Å². The van der Waals surface area contributed by atoms with Crippen LogP contribution in [0, 0.1) is 0 Å². The van der Waals surface area contributed by atoms with Crippen molar-refractivity contribution in [3.63, 3.8) is 0 Å². The lowest BCUT2D eigenvalue weighted by atomic mass is 9.70. The highest BCUT2D eigenvalue weighted by Crippen LogP contribution is 2.47. The first kappa shape index (κ1) is 16.1. The minimum atomic E-state index is 0. The van der Waals surface area contributed by atoms with E-state index in [-0.39, 0.29) is 17.9 Å². The SMILES string of the molecule is CCN(CC)C1(c2ccc(Cl)c(Cl)c2)CCC1.Cl. The second-order valence-corrected chi connectivity index (χ2v) is 5.50. The molecule has 102 valence electrons. The van der Waals surface area contributed by atoms with Crippen LogP contribution in [0.1, 0.15) is 38.7 Å². The maximum atomic E-state index is 6.14. The number of hydrogen-bond donors (Lipinski definition) is 0. The number of hydrogen-bond acceptors (Lipinski definition) is 1. The monoisotopic (exact) mass is 307 g/mol. The van der Waals surface area contributed by atoms with Crippen LogP contribution in [0.2, 0.25) is 10.0 Å². The van der Waals surface area contributed by atoms with Gasteiger partial charge in [-0.2, -0.15) is 0 Å². The summed E-state index contributed by atoms with van der Waals surface area (Å²) in [6, 6.07) is 6.09. The fraction of sp³-hybridized carbons (Fsp3) is 0.571. The summed E-state index contributed by atoms with van der Waals surface area (Å²) in [6.07, 6.45) is 3.76. The van der Waals surface area contributed by atoms with Crippen molar-refractivity contribution in [2.24, 2.45) is 0 Å². The van der Waals surface area contributed by atoms with Crippen molar-refractivity contribution in [1.29, 1.82) is 0 Å². The molecule has 0 bridgehead atoms. The predicted octanol–water partition coefficient (Wildman–Crippen LogP) is 5.14. The molecule has 0 saturated heterocycles. The van der Waals surface area contributed by atoms with Gasteiger partial charge in [0.2, 0.25) is 0 Å². The van der Waals surface area contributed by atoms with Crippen LogP contribution in [0.15, 0.2) is 18.2 Å². The van der Waals surface area contributed by atoms with Crippen molar-refractivity contribution in [2.45, 2.75) is 38.6 Å². The van der Waals surface area contributed by atoms with E-state index in [0.29, 0.717) is 10.0 Å². The Kier molecular flexibility index (Phi) is 5.79. The second kappa shape index (κ2) is 6.47. The molecule has 1 nitrogen and oxygen atoms in total. The molecule has 1 saturated carbocycles. The van der Waals surface area contributed by atoms with Crippen molar-refractivity contribution in [3.8, 4) is 0 Å². The lowest BCUT2D eigenvalue weighted by Gasteiger charge is -2.50. The highest BCUT2D eigenvalue weighted by Gasteiger charge is 2.42. The summed E-state index contributed by atoms with van der Waals surface area (Å²) in [4.78, 5) is 2.54. The van der Waals surface area contributed by atoms with Gasteiger partial charge in [-0.25, -0.2) is 0 Å². The number of rotatable bonds is 4. The molecule has 0 atom stereocenters. The molecule has 1 aliphatic rings. The summed E-state index contributed by atoms with van der Waals surface area (Å²) in [7, 11) is 0. The molecule has 0 radical (unpaired) electrons. The Morgan fingerprint density at radius 1 is 1.11 bits per heavy atom. The quantitative estimate of drug-likeness (QED) is 0.744. The summed E-state index contributed by atoms with van der Waals surface area (Å²) in [5.74, 6) is 0. The molecule has 0 unspecified atom stereocenters. The lowest BCUT2D eigenvalue weighted by Crippen LogP contribution is -2.50. The van der Waals surface area contributed by atoms with Gasteiger partial charge in [0.15, 0.2) is 0 Å². The molecular formula is C14H20Cl3N. The third-order valence-electron chi connectivity index (χ3n) is 4.01. The number of nitrogens with zero attached hydrogens (tertiary/aromatic N) is 1. The van der Waals surface area contributed by atoms with E-state index in [9.17, 15) is 0 Å². The first-order valence-corrected chi connectivity index (χ1v) is 7.10. The van der Waals surface area contributed by atoms with Gasteiger partial charge >= 0.3 is 0 Å². The fourth-order valence-corrected chi connectivity index (χ4v) is 3.21. The van der Waals surface area contributed by atoms with Gasteiger partial charge in [-0.1, -0.05) is 43.1 Å². The van der Waals surface area contributed by atoms with Gasteiger partial charge in [-0.3, -0.25) is 4.90 Å². The molecule has 0 spiro atoms. The molecule has 0 aliphatic heterocycles. The van der Waals surface area contributed by atoms with Crippen molar-refractivity contribution in [2.75, 3.05) is 13.1 Å². The molecule has 18 heavy (non-hydrogen) atoms. The third-order valence-corrected chi connectivity index (χ3v) is 4.75. The minimum absolute atomic E-state index is 0. The minimum Gasteiger partial charge on any atom is -0.294 e. The number of benzene rings is 1. The van der Waals surface area contributed by atoms with E-state index < -0.39 is 0 Å². The van der Waals surface area contributed by atoms with E-state index in [1.54, 1.807) is 0 Å². The summed E-state index contributed by atoms with van der Waals surface area (Å²) >= 11 is 12.1. The Morgan fingerprint density at radius 3 is 2.11 bits per heavy atom. The first-order chi connectivity index (χ1) is 8.14. The van der Waals surface area contributed by atoms with Crippen LogP contribution in [-0.4, -0.2) is 18.0 Å². The summed E-state index contributed by atoms with van der Waals surface area (Å²) in [5, 5.41) is 1.31. The molecule has 1 fully saturated rings. The zero-order chi connectivity index (χ0) is 12.5. The largest absolute Gasteiger partial charge is 0.294 e. The first-order valence-electron chi connectivity index (χ1n) is 6.34. The van der Waals surface area contributed by atoms with Crippen molar-refractivity contribution < 1.29 is 0 Å². The zero-order valence-electron chi connectivity index (χ0n) is 10.9. The van der Waals surface area contributed by atoms with Crippen LogP contribution in [0.25, 0.3) is 0 Å². The fourth-order valence-electron chi connectivity index (χ4n) is 2.91. The molecule has 4 heteroatoms. The topological polar surface area (TPSA) is 3.24 Å². The molecule has 0 heterocycles. The molecule has 0 N–H and O–H groups in total. The molecule has 0 amide bonds. The van der Waals surface area contributed by atoms with Gasteiger partial charge in [0.25, 0.3) is 0 Å². The predicted molar refractivity (Wildman–Crippen MR) is 82.2 cm³/mol. The van der Waals surface area contributed by atoms with Gasteiger partial charge in [0.05, 0.1) is 10.0 Å². The Hall–Kier alpha value is 0.0500. The van der Waals surface area contributed by atoms with Gasteiger partial charge in [-0.15, -0.1) is 12.4 Å². The van der Waals surface area contributed by atoms with Gasteiger partial charge < -0.3 is 0 Å². The van der Waals surface area contributed by atoms with Crippen LogP contribution in [-0.2, 0) is 5.54 Å². The molecule has 1 aromatic rings. The standard InChI is InChI=1S/C14H19Cl2N.ClH/c1-3-17(4-2)14(8-5-9-14)11-6-7-12(15)13(16)10-11;/h6-7,10H,3-5,8-9H2,1-2H3;1H. The van der Waals surface area contributed by atoms with Crippen LogP contribution >= 0.6 is 35.6 Å². The third kappa shape index (κ3) is 2.65. The normalized spacial score (nSPS) is 17.2. The van der Waals surface area contributed by atoms with Crippen molar-refractivity contribution >= 4 is 35.6 Å². The Balaban J connectivity index is 0.00000162. The average molecular weight is 309 g/mol.